The van der Waals surface area contributed by atoms with Crippen LogP contribution in [0, 0.1) is 6.92 Å². The Balaban J connectivity index is 1.74. The Morgan fingerprint density at radius 2 is 1.88 bits per heavy atom. The van der Waals surface area contributed by atoms with Gasteiger partial charge in [-0.1, -0.05) is 12.1 Å². The van der Waals surface area contributed by atoms with Crippen LogP contribution in [0.5, 0.6) is 11.5 Å². The predicted molar refractivity (Wildman–Crippen MR) is 86.0 cm³/mol. The molecule has 3 rings (SSSR count). The summed E-state index contributed by atoms with van der Waals surface area (Å²) in [5, 5.41) is 0. The second-order valence-corrected chi connectivity index (χ2v) is 7.50. The third-order valence-electron chi connectivity index (χ3n) is 3.63. The van der Waals surface area contributed by atoms with E-state index in [1.807, 2.05) is 0 Å². The molecular formula is C17H16O6S. The first-order chi connectivity index (χ1) is 11.3. The highest BCUT2D eigenvalue weighted by molar-refractivity contribution is 7.90. The minimum atomic E-state index is -3.40. The minimum absolute atomic E-state index is 0.0531. The average molecular weight is 348 g/mol. The molecule has 0 N–H and O–H groups in total. The van der Waals surface area contributed by atoms with E-state index in [0.717, 1.165) is 11.8 Å². The topological polar surface area (TPSA) is 78.9 Å². The number of fused-ring (bicyclic) bond motifs is 1. The Morgan fingerprint density at radius 1 is 1.12 bits per heavy atom. The molecule has 1 aliphatic rings. The van der Waals surface area contributed by atoms with Gasteiger partial charge in [-0.15, -0.1) is 0 Å². The van der Waals surface area contributed by atoms with Crippen LogP contribution < -0.4 is 9.47 Å². The van der Waals surface area contributed by atoms with E-state index >= 15 is 0 Å². The first-order valence-corrected chi connectivity index (χ1v) is 9.10. The lowest BCUT2D eigenvalue weighted by atomic mass is 10.1. The molecule has 2 aromatic rings. The molecular weight excluding hydrogens is 332 g/mol. The quantitative estimate of drug-likeness (QED) is 0.790. The standard InChI is InChI=1S/C17H16O6S/c1-11-3-5-13(8-16(11)24(2,19)20)17(18)21-9-12-4-6-14-15(7-12)23-10-22-14/h3-8H,9-10H2,1-2H3. The Labute approximate surface area is 139 Å². The summed E-state index contributed by atoms with van der Waals surface area (Å²) in [4.78, 5) is 12.3. The van der Waals surface area contributed by atoms with Gasteiger partial charge in [-0.2, -0.15) is 0 Å². The highest BCUT2D eigenvalue weighted by Crippen LogP contribution is 2.32. The van der Waals surface area contributed by atoms with Crippen LogP contribution in [-0.2, 0) is 21.2 Å². The number of esters is 1. The Hall–Kier alpha value is -2.54. The molecule has 0 bridgehead atoms. The van der Waals surface area contributed by atoms with Gasteiger partial charge in [-0.05, 0) is 42.3 Å². The van der Waals surface area contributed by atoms with Crippen LogP contribution >= 0.6 is 0 Å². The van der Waals surface area contributed by atoms with Gasteiger partial charge in [0.2, 0.25) is 6.79 Å². The fraction of sp³-hybridized carbons (Fsp3) is 0.235. The molecule has 0 amide bonds. The number of carbonyl (C=O) groups excluding carboxylic acids is 1. The number of ether oxygens (including phenoxy) is 3. The molecule has 0 unspecified atom stereocenters. The number of hydrogen-bond acceptors (Lipinski definition) is 6. The van der Waals surface area contributed by atoms with E-state index in [1.165, 1.54) is 6.07 Å². The molecule has 0 aromatic heterocycles. The van der Waals surface area contributed by atoms with Crippen molar-refractivity contribution in [3.05, 3.63) is 53.1 Å². The van der Waals surface area contributed by atoms with Gasteiger partial charge in [0.15, 0.2) is 21.3 Å². The zero-order chi connectivity index (χ0) is 17.3. The second kappa shape index (κ2) is 6.16. The Bertz CT molecular complexity index is 901. The summed E-state index contributed by atoms with van der Waals surface area (Å²) in [5.41, 5.74) is 1.54. The lowest BCUT2D eigenvalue weighted by Gasteiger charge is -2.08. The van der Waals surface area contributed by atoms with E-state index in [-0.39, 0.29) is 23.9 Å². The van der Waals surface area contributed by atoms with Gasteiger partial charge in [-0.3, -0.25) is 0 Å². The molecule has 0 spiro atoms. The van der Waals surface area contributed by atoms with Crippen LogP contribution in [0.4, 0.5) is 0 Å². The molecule has 0 saturated heterocycles. The molecule has 0 aliphatic carbocycles. The van der Waals surface area contributed by atoms with Crippen molar-refractivity contribution in [1.29, 1.82) is 0 Å². The summed E-state index contributed by atoms with van der Waals surface area (Å²) in [6.07, 6.45) is 1.11. The lowest BCUT2D eigenvalue weighted by molar-refractivity contribution is 0.0472. The fourth-order valence-electron chi connectivity index (χ4n) is 2.39. The number of hydrogen-bond donors (Lipinski definition) is 0. The molecule has 0 radical (unpaired) electrons. The van der Waals surface area contributed by atoms with Crippen molar-refractivity contribution in [2.45, 2.75) is 18.4 Å². The van der Waals surface area contributed by atoms with Crippen molar-refractivity contribution in [3.63, 3.8) is 0 Å². The van der Waals surface area contributed by atoms with Crippen molar-refractivity contribution in [3.8, 4) is 11.5 Å². The van der Waals surface area contributed by atoms with Crippen molar-refractivity contribution in [2.24, 2.45) is 0 Å². The largest absolute Gasteiger partial charge is 0.457 e. The smallest absolute Gasteiger partial charge is 0.338 e. The SMILES string of the molecule is Cc1ccc(C(=O)OCc2ccc3c(c2)OCO3)cc1S(C)(=O)=O. The average Bonchev–Trinajstić information content (AvgIpc) is 2.99. The maximum Gasteiger partial charge on any atom is 0.338 e. The molecule has 7 heteroatoms. The number of carbonyl (C=O) groups is 1. The molecule has 2 aromatic carbocycles. The van der Waals surface area contributed by atoms with E-state index < -0.39 is 15.8 Å². The molecule has 24 heavy (non-hydrogen) atoms. The van der Waals surface area contributed by atoms with Gasteiger partial charge in [0.25, 0.3) is 0 Å². The van der Waals surface area contributed by atoms with Gasteiger partial charge in [0, 0.05) is 6.26 Å². The summed E-state index contributed by atoms with van der Waals surface area (Å²) >= 11 is 0. The minimum Gasteiger partial charge on any atom is -0.457 e. The molecule has 0 atom stereocenters. The fourth-order valence-corrected chi connectivity index (χ4v) is 3.38. The number of sulfone groups is 1. The van der Waals surface area contributed by atoms with E-state index in [9.17, 15) is 13.2 Å². The molecule has 0 fully saturated rings. The highest BCUT2D eigenvalue weighted by atomic mass is 32.2. The van der Waals surface area contributed by atoms with E-state index in [2.05, 4.69) is 0 Å². The van der Waals surface area contributed by atoms with Crippen LogP contribution in [0.2, 0.25) is 0 Å². The van der Waals surface area contributed by atoms with Gasteiger partial charge < -0.3 is 14.2 Å². The van der Waals surface area contributed by atoms with Crippen LogP contribution in [0.1, 0.15) is 21.5 Å². The summed E-state index contributed by atoms with van der Waals surface area (Å²) in [7, 11) is -3.40. The Morgan fingerprint density at radius 3 is 2.62 bits per heavy atom. The van der Waals surface area contributed by atoms with Gasteiger partial charge in [0.05, 0.1) is 10.5 Å². The van der Waals surface area contributed by atoms with Gasteiger partial charge in [-0.25, -0.2) is 13.2 Å². The first-order valence-electron chi connectivity index (χ1n) is 7.21. The summed E-state index contributed by atoms with van der Waals surface area (Å²) < 4.78 is 39.2. The third-order valence-corrected chi connectivity index (χ3v) is 4.87. The van der Waals surface area contributed by atoms with Crippen molar-refractivity contribution >= 4 is 15.8 Å². The van der Waals surface area contributed by atoms with Crippen LogP contribution in [-0.4, -0.2) is 27.4 Å². The van der Waals surface area contributed by atoms with E-state index in [4.69, 9.17) is 14.2 Å². The van der Waals surface area contributed by atoms with E-state index in [1.54, 1.807) is 37.3 Å². The maximum atomic E-state index is 12.2. The monoisotopic (exact) mass is 348 g/mol. The number of aryl methyl sites for hydroxylation is 1. The molecule has 126 valence electrons. The molecule has 1 heterocycles. The van der Waals surface area contributed by atoms with E-state index in [0.29, 0.717) is 17.1 Å². The third kappa shape index (κ3) is 3.35. The van der Waals surface area contributed by atoms with Crippen molar-refractivity contribution in [2.75, 3.05) is 13.0 Å². The number of rotatable bonds is 4. The maximum absolute atomic E-state index is 12.2. The van der Waals surface area contributed by atoms with Crippen LogP contribution in [0.3, 0.4) is 0 Å². The Kier molecular flexibility index (Phi) is 4.19. The summed E-state index contributed by atoms with van der Waals surface area (Å²) in [5.74, 6) is 0.678. The van der Waals surface area contributed by atoms with Crippen LogP contribution in [0.15, 0.2) is 41.3 Å². The lowest BCUT2D eigenvalue weighted by Crippen LogP contribution is -2.08. The molecule has 0 saturated carbocycles. The summed E-state index contributed by atoms with van der Waals surface area (Å²) in [6, 6.07) is 9.75. The zero-order valence-corrected chi connectivity index (χ0v) is 14.1. The first kappa shape index (κ1) is 16.3. The molecule has 1 aliphatic heterocycles. The summed E-state index contributed by atoms with van der Waals surface area (Å²) in [6.45, 7) is 1.91. The number of benzene rings is 2. The van der Waals surface area contributed by atoms with Gasteiger partial charge in [0.1, 0.15) is 6.61 Å². The van der Waals surface area contributed by atoms with Crippen LogP contribution in [0.25, 0.3) is 0 Å². The van der Waals surface area contributed by atoms with Crippen molar-refractivity contribution < 1.29 is 27.4 Å². The highest BCUT2D eigenvalue weighted by Gasteiger charge is 2.17. The van der Waals surface area contributed by atoms with Gasteiger partial charge >= 0.3 is 5.97 Å². The second-order valence-electron chi connectivity index (χ2n) is 5.52. The zero-order valence-electron chi connectivity index (χ0n) is 13.2. The molecule has 6 nitrogen and oxygen atoms in total. The van der Waals surface area contributed by atoms with Crippen molar-refractivity contribution in [1.82, 2.24) is 0 Å². The normalized spacial score (nSPS) is 12.9. The predicted octanol–water partition coefficient (Wildman–Crippen LogP) is 2.48.